The molecule has 0 aromatic heterocycles. The monoisotopic (exact) mass is 295 g/mol. The van der Waals surface area contributed by atoms with Gasteiger partial charge < -0.3 is 10.1 Å². The van der Waals surface area contributed by atoms with Crippen LogP contribution in [0.25, 0.3) is 0 Å². The minimum Gasteiger partial charge on any atom is -0.492 e. The van der Waals surface area contributed by atoms with Crippen molar-refractivity contribution in [2.75, 3.05) is 18.5 Å². The van der Waals surface area contributed by atoms with Gasteiger partial charge in [-0.1, -0.05) is 40.9 Å². The highest BCUT2D eigenvalue weighted by molar-refractivity contribution is 6.42. The van der Waals surface area contributed by atoms with Gasteiger partial charge in [-0.3, -0.25) is 0 Å². The number of anilines is 1. The van der Waals surface area contributed by atoms with Crippen molar-refractivity contribution < 1.29 is 4.74 Å². The Morgan fingerprint density at radius 3 is 2.42 bits per heavy atom. The van der Waals surface area contributed by atoms with E-state index in [4.69, 9.17) is 27.9 Å². The zero-order valence-electron chi connectivity index (χ0n) is 10.6. The first-order valence-corrected chi connectivity index (χ1v) is 6.79. The summed E-state index contributed by atoms with van der Waals surface area (Å²) in [6.45, 7) is 3.34. The smallest absolute Gasteiger partial charge is 0.119 e. The van der Waals surface area contributed by atoms with Crippen LogP contribution in [0.3, 0.4) is 0 Å². The molecule has 19 heavy (non-hydrogen) atoms. The average molecular weight is 296 g/mol. The Morgan fingerprint density at radius 2 is 1.74 bits per heavy atom. The van der Waals surface area contributed by atoms with Crippen LogP contribution in [0, 0.1) is 6.92 Å². The molecule has 0 radical (unpaired) electrons. The predicted octanol–water partition coefficient (Wildman–Crippen LogP) is 4.79. The number of nitrogens with one attached hydrogen (secondary N) is 1. The Balaban J connectivity index is 1.77. The molecule has 2 aromatic carbocycles. The quantitative estimate of drug-likeness (QED) is 0.801. The van der Waals surface area contributed by atoms with Gasteiger partial charge in [0, 0.05) is 12.2 Å². The highest BCUT2D eigenvalue weighted by Gasteiger charge is 1.99. The van der Waals surface area contributed by atoms with Crippen LogP contribution in [0.1, 0.15) is 5.56 Å². The zero-order chi connectivity index (χ0) is 13.7. The fourth-order valence-corrected chi connectivity index (χ4v) is 1.90. The van der Waals surface area contributed by atoms with E-state index in [1.54, 1.807) is 12.1 Å². The molecule has 0 aliphatic heterocycles. The predicted molar refractivity (Wildman–Crippen MR) is 81.6 cm³/mol. The lowest BCUT2D eigenvalue weighted by molar-refractivity contribution is 0.333. The largest absolute Gasteiger partial charge is 0.492 e. The first-order valence-electron chi connectivity index (χ1n) is 6.03. The van der Waals surface area contributed by atoms with E-state index in [1.165, 1.54) is 5.56 Å². The van der Waals surface area contributed by atoms with E-state index in [1.807, 2.05) is 30.3 Å². The first kappa shape index (κ1) is 14.0. The highest BCUT2D eigenvalue weighted by atomic mass is 35.5. The first-order chi connectivity index (χ1) is 9.15. The minimum atomic E-state index is 0.547. The summed E-state index contributed by atoms with van der Waals surface area (Å²) >= 11 is 11.8. The molecule has 0 atom stereocenters. The molecule has 0 fully saturated rings. The Kier molecular flexibility index (Phi) is 4.94. The van der Waals surface area contributed by atoms with Crippen LogP contribution in [0.5, 0.6) is 5.75 Å². The van der Waals surface area contributed by atoms with Gasteiger partial charge >= 0.3 is 0 Å². The van der Waals surface area contributed by atoms with Crippen LogP contribution in [-0.4, -0.2) is 13.2 Å². The summed E-state index contributed by atoms with van der Waals surface area (Å²) in [6.07, 6.45) is 0. The Hall–Kier alpha value is -1.38. The van der Waals surface area contributed by atoms with Gasteiger partial charge in [0.2, 0.25) is 0 Å². The molecule has 4 heteroatoms. The molecule has 0 unspecified atom stereocenters. The topological polar surface area (TPSA) is 21.3 Å². The number of hydrogen-bond acceptors (Lipinski definition) is 2. The summed E-state index contributed by atoms with van der Waals surface area (Å²) in [4.78, 5) is 0. The molecule has 1 N–H and O–H groups in total. The van der Waals surface area contributed by atoms with Gasteiger partial charge in [-0.25, -0.2) is 0 Å². The second kappa shape index (κ2) is 6.69. The third-order valence-corrected chi connectivity index (χ3v) is 3.38. The maximum atomic E-state index is 5.93. The van der Waals surface area contributed by atoms with E-state index in [-0.39, 0.29) is 0 Å². The third-order valence-electron chi connectivity index (χ3n) is 2.64. The lowest BCUT2D eigenvalue weighted by Crippen LogP contribution is -2.11. The van der Waals surface area contributed by atoms with Gasteiger partial charge in [0.1, 0.15) is 12.4 Å². The summed E-state index contributed by atoms with van der Waals surface area (Å²) in [6, 6.07) is 13.5. The number of rotatable bonds is 5. The van der Waals surface area contributed by atoms with Crippen molar-refractivity contribution in [3.8, 4) is 5.75 Å². The Bertz CT molecular complexity index is 540. The van der Waals surface area contributed by atoms with Crippen molar-refractivity contribution in [2.24, 2.45) is 0 Å². The van der Waals surface area contributed by atoms with E-state index in [2.05, 4.69) is 12.2 Å². The van der Waals surface area contributed by atoms with E-state index >= 15 is 0 Å². The number of hydrogen-bond donors (Lipinski definition) is 1. The van der Waals surface area contributed by atoms with Gasteiger partial charge in [0.05, 0.1) is 10.0 Å². The summed E-state index contributed by atoms with van der Waals surface area (Å²) in [5.41, 5.74) is 2.16. The summed E-state index contributed by atoms with van der Waals surface area (Å²) < 4.78 is 5.62. The maximum absolute atomic E-state index is 5.93. The van der Waals surface area contributed by atoms with Crippen LogP contribution in [0.15, 0.2) is 42.5 Å². The maximum Gasteiger partial charge on any atom is 0.119 e. The van der Waals surface area contributed by atoms with Gasteiger partial charge in [0.15, 0.2) is 0 Å². The van der Waals surface area contributed by atoms with Crippen molar-refractivity contribution in [1.29, 1.82) is 0 Å². The van der Waals surface area contributed by atoms with E-state index in [9.17, 15) is 0 Å². The fourth-order valence-electron chi connectivity index (χ4n) is 1.60. The van der Waals surface area contributed by atoms with E-state index < -0.39 is 0 Å². The average Bonchev–Trinajstić information content (AvgIpc) is 2.41. The molecule has 100 valence electrons. The Labute approximate surface area is 123 Å². The molecular weight excluding hydrogens is 281 g/mol. The van der Waals surface area contributed by atoms with Gasteiger partial charge in [-0.15, -0.1) is 0 Å². The highest BCUT2D eigenvalue weighted by Crippen LogP contribution is 2.24. The molecule has 2 rings (SSSR count). The van der Waals surface area contributed by atoms with Crippen molar-refractivity contribution in [3.63, 3.8) is 0 Å². The van der Waals surface area contributed by atoms with Crippen LogP contribution < -0.4 is 10.1 Å². The molecule has 0 bridgehead atoms. The lowest BCUT2D eigenvalue weighted by atomic mass is 10.2. The number of halogens is 2. The van der Waals surface area contributed by atoms with E-state index in [0.29, 0.717) is 23.2 Å². The second-order valence-corrected chi connectivity index (χ2v) is 5.03. The van der Waals surface area contributed by atoms with Crippen molar-refractivity contribution in [1.82, 2.24) is 0 Å². The fraction of sp³-hybridized carbons (Fsp3) is 0.200. The molecule has 2 aromatic rings. The van der Waals surface area contributed by atoms with Gasteiger partial charge in [0.25, 0.3) is 0 Å². The molecule has 0 spiro atoms. The molecule has 0 amide bonds. The van der Waals surface area contributed by atoms with Crippen molar-refractivity contribution >= 4 is 28.9 Å². The molecule has 0 heterocycles. The van der Waals surface area contributed by atoms with Gasteiger partial charge in [-0.05, 0) is 37.3 Å². The number of aryl methyl sites for hydroxylation is 1. The zero-order valence-corrected chi connectivity index (χ0v) is 12.1. The molecular formula is C15H15Cl2NO. The summed E-state index contributed by atoms with van der Waals surface area (Å²) in [5.74, 6) is 0.876. The number of ether oxygens (including phenoxy) is 1. The molecule has 0 saturated carbocycles. The summed E-state index contributed by atoms with van der Waals surface area (Å²) in [7, 11) is 0. The van der Waals surface area contributed by atoms with Crippen molar-refractivity contribution in [3.05, 3.63) is 58.1 Å². The van der Waals surface area contributed by atoms with Crippen LogP contribution in [-0.2, 0) is 0 Å². The normalized spacial score (nSPS) is 10.3. The van der Waals surface area contributed by atoms with Gasteiger partial charge in [-0.2, -0.15) is 0 Å². The van der Waals surface area contributed by atoms with Crippen LogP contribution in [0.2, 0.25) is 10.0 Å². The second-order valence-electron chi connectivity index (χ2n) is 4.22. The Morgan fingerprint density at radius 1 is 1.00 bits per heavy atom. The SMILES string of the molecule is Cc1ccc(OCCNc2ccc(Cl)c(Cl)c2)cc1. The molecule has 0 saturated heterocycles. The van der Waals surface area contributed by atoms with Crippen molar-refractivity contribution in [2.45, 2.75) is 6.92 Å². The number of benzene rings is 2. The van der Waals surface area contributed by atoms with Crippen LogP contribution >= 0.6 is 23.2 Å². The minimum absolute atomic E-state index is 0.547. The van der Waals surface area contributed by atoms with E-state index in [0.717, 1.165) is 11.4 Å². The lowest BCUT2D eigenvalue weighted by Gasteiger charge is -2.09. The summed E-state index contributed by atoms with van der Waals surface area (Å²) in [5, 5.41) is 4.33. The van der Waals surface area contributed by atoms with Crippen LogP contribution in [0.4, 0.5) is 5.69 Å². The third kappa shape index (κ3) is 4.34. The molecule has 2 nitrogen and oxygen atoms in total. The molecule has 0 aliphatic carbocycles. The molecule has 0 aliphatic rings. The standard InChI is InChI=1S/C15H15Cl2NO/c1-11-2-5-13(6-3-11)19-9-8-18-12-4-7-14(16)15(17)10-12/h2-7,10,18H,8-9H2,1H3.